The maximum absolute atomic E-state index is 11.4. The van der Waals surface area contributed by atoms with Crippen molar-refractivity contribution < 1.29 is 19.8 Å². The van der Waals surface area contributed by atoms with Crippen molar-refractivity contribution in [2.24, 2.45) is 0 Å². The molecule has 2 amide bonds. The third-order valence-corrected chi connectivity index (χ3v) is 3.18. The van der Waals surface area contributed by atoms with Crippen LogP contribution < -0.4 is 10.6 Å². The standard InChI is InChI=1S/C11H17N3O4S/c1-7-13-8(6-19-7)2-4-12-11(18)14-9(3-5-15)10(16)17/h6,9,15H,2-5H2,1H3,(H,16,17)(H2,12,14,18)/t9-/m1/s1. The second-order valence-electron chi connectivity index (χ2n) is 3.91. The first-order valence-electron chi connectivity index (χ1n) is 5.82. The van der Waals surface area contributed by atoms with Crippen LogP contribution in [0.2, 0.25) is 0 Å². The molecular weight excluding hydrogens is 270 g/mol. The third-order valence-electron chi connectivity index (χ3n) is 2.35. The Balaban J connectivity index is 2.28. The SMILES string of the molecule is Cc1nc(CCNC(=O)N[C@H](CCO)C(=O)O)cs1. The second-order valence-corrected chi connectivity index (χ2v) is 4.97. The fourth-order valence-corrected chi connectivity index (χ4v) is 2.07. The van der Waals surface area contributed by atoms with Crippen molar-refractivity contribution in [3.63, 3.8) is 0 Å². The molecule has 1 aromatic rings. The molecule has 1 heterocycles. The van der Waals surface area contributed by atoms with E-state index in [1.807, 2.05) is 12.3 Å². The van der Waals surface area contributed by atoms with Crippen LogP contribution in [0.4, 0.5) is 4.79 Å². The molecule has 0 unspecified atom stereocenters. The van der Waals surface area contributed by atoms with Crippen LogP contribution in [0.5, 0.6) is 0 Å². The number of hydrogen-bond acceptors (Lipinski definition) is 5. The summed E-state index contributed by atoms with van der Waals surface area (Å²) in [5.74, 6) is -1.17. The molecule has 19 heavy (non-hydrogen) atoms. The molecule has 1 atom stereocenters. The Morgan fingerprint density at radius 3 is 2.79 bits per heavy atom. The summed E-state index contributed by atoms with van der Waals surface area (Å²) >= 11 is 1.54. The molecule has 0 spiro atoms. The minimum absolute atomic E-state index is 0.0198. The van der Waals surface area contributed by atoms with Crippen molar-refractivity contribution in [1.82, 2.24) is 15.6 Å². The summed E-state index contributed by atoms with van der Waals surface area (Å²) in [6.45, 7) is 1.98. The molecule has 0 aromatic carbocycles. The Hall–Kier alpha value is -1.67. The molecule has 1 aromatic heterocycles. The summed E-state index contributed by atoms with van der Waals surface area (Å²) in [5.41, 5.74) is 0.896. The zero-order valence-electron chi connectivity index (χ0n) is 10.5. The Kier molecular flexibility index (Phi) is 6.23. The van der Waals surface area contributed by atoms with Gasteiger partial charge in [-0.3, -0.25) is 0 Å². The summed E-state index contributed by atoms with van der Waals surface area (Å²) in [6, 6.07) is -1.64. The minimum Gasteiger partial charge on any atom is -0.480 e. The van der Waals surface area contributed by atoms with Gasteiger partial charge in [0.2, 0.25) is 0 Å². The number of urea groups is 1. The third kappa shape index (κ3) is 5.66. The van der Waals surface area contributed by atoms with Crippen LogP contribution in [0, 0.1) is 6.92 Å². The van der Waals surface area contributed by atoms with E-state index in [1.54, 1.807) is 0 Å². The molecule has 8 heteroatoms. The van der Waals surface area contributed by atoms with Crippen molar-refractivity contribution in [3.05, 3.63) is 16.1 Å². The van der Waals surface area contributed by atoms with Crippen LogP contribution in [0.1, 0.15) is 17.1 Å². The van der Waals surface area contributed by atoms with Crippen LogP contribution in [0.25, 0.3) is 0 Å². The molecular formula is C11H17N3O4S. The van der Waals surface area contributed by atoms with E-state index < -0.39 is 18.0 Å². The molecule has 0 fully saturated rings. The highest BCUT2D eigenvalue weighted by Crippen LogP contribution is 2.07. The zero-order valence-corrected chi connectivity index (χ0v) is 11.4. The van der Waals surface area contributed by atoms with Gasteiger partial charge in [-0.05, 0) is 6.92 Å². The quantitative estimate of drug-likeness (QED) is 0.569. The lowest BCUT2D eigenvalue weighted by Crippen LogP contribution is -2.46. The number of carbonyl (C=O) groups excluding carboxylic acids is 1. The fraction of sp³-hybridized carbons (Fsp3) is 0.545. The maximum Gasteiger partial charge on any atom is 0.326 e. The number of aliphatic carboxylic acids is 1. The van der Waals surface area contributed by atoms with E-state index in [0.717, 1.165) is 10.7 Å². The number of rotatable bonds is 7. The number of carbonyl (C=O) groups is 2. The summed E-state index contributed by atoms with van der Waals surface area (Å²) in [5, 5.41) is 25.2. The number of aromatic nitrogens is 1. The Morgan fingerprint density at radius 1 is 1.53 bits per heavy atom. The van der Waals surface area contributed by atoms with E-state index in [0.29, 0.717) is 13.0 Å². The predicted octanol–water partition coefficient (Wildman–Crippen LogP) is 0.129. The number of nitrogens with one attached hydrogen (secondary N) is 2. The van der Waals surface area contributed by atoms with E-state index in [2.05, 4.69) is 15.6 Å². The summed E-state index contributed by atoms with van der Waals surface area (Å²) in [4.78, 5) is 26.4. The van der Waals surface area contributed by atoms with Crippen molar-refractivity contribution in [3.8, 4) is 0 Å². The largest absolute Gasteiger partial charge is 0.480 e. The zero-order chi connectivity index (χ0) is 14.3. The summed E-state index contributed by atoms with van der Waals surface area (Å²) < 4.78 is 0. The normalized spacial score (nSPS) is 11.9. The monoisotopic (exact) mass is 287 g/mol. The van der Waals surface area contributed by atoms with Crippen molar-refractivity contribution in [1.29, 1.82) is 0 Å². The average Bonchev–Trinajstić information content (AvgIpc) is 2.74. The van der Waals surface area contributed by atoms with Gasteiger partial charge < -0.3 is 20.8 Å². The lowest BCUT2D eigenvalue weighted by Gasteiger charge is -2.13. The summed E-state index contributed by atoms with van der Waals surface area (Å²) in [7, 11) is 0. The molecule has 4 N–H and O–H groups in total. The van der Waals surface area contributed by atoms with Gasteiger partial charge >= 0.3 is 12.0 Å². The van der Waals surface area contributed by atoms with Gasteiger partial charge in [0, 0.05) is 31.4 Å². The average molecular weight is 287 g/mol. The van der Waals surface area contributed by atoms with Crippen molar-refractivity contribution >= 4 is 23.3 Å². The van der Waals surface area contributed by atoms with Crippen LogP contribution in [-0.4, -0.2) is 46.4 Å². The molecule has 0 saturated carbocycles. The lowest BCUT2D eigenvalue weighted by molar-refractivity contribution is -0.139. The van der Waals surface area contributed by atoms with E-state index in [-0.39, 0.29) is 13.0 Å². The van der Waals surface area contributed by atoms with E-state index in [9.17, 15) is 9.59 Å². The van der Waals surface area contributed by atoms with Crippen molar-refractivity contribution in [2.45, 2.75) is 25.8 Å². The highest BCUT2D eigenvalue weighted by Gasteiger charge is 2.18. The molecule has 0 aliphatic heterocycles. The van der Waals surface area contributed by atoms with Gasteiger partial charge in [-0.1, -0.05) is 0 Å². The number of aryl methyl sites for hydroxylation is 1. The number of amides is 2. The van der Waals surface area contributed by atoms with E-state index in [4.69, 9.17) is 10.2 Å². The second kappa shape index (κ2) is 7.70. The molecule has 7 nitrogen and oxygen atoms in total. The topological polar surface area (TPSA) is 112 Å². The number of nitrogens with zero attached hydrogens (tertiary/aromatic N) is 1. The first-order valence-corrected chi connectivity index (χ1v) is 6.70. The van der Waals surface area contributed by atoms with Crippen molar-refractivity contribution in [2.75, 3.05) is 13.2 Å². The number of aliphatic hydroxyl groups is 1. The number of carboxylic acids is 1. The van der Waals surface area contributed by atoms with Crippen LogP contribution in [0.15, 0.2) is 5.38 Å². The van der Waals surface area contributed by atoms with Gasteiger partial charge in [0.25, 0.3) is 0 Å². The smallest absolute Gasteiger partial charge is 0.326 e. The van der Waals surface area contributed by atoms with Gasteiger partial charge in [-0.25, -0.2) is 14.6 Å². The molecule has 106 valence electrons. The Morgan fingerprint density at radius 2 is 2.26 bits per heavy atom. The summed E-state index contributed by atoms with van der Waals surface area (Å²) in [6.07, 6.45) is 0.573. The van der Waals surface area contributed by atoms with Gasteiger partial charge in [0.1, 0.15) is 6.04 Å². The molecule has 0 bridgehead atoms. The van der Waals surface area contributed by atoms with E-state index >= 15 is 0 Å². The van der Waals surface area contributed by atoms with E-state index in [1.165, 1.54) is 11.3 Å². The number of carboxylic acid groups (broad SMARTS) is 1. The van der Waals surface area contributed by atoms with Crippen LogP contribution >= 0.6 is 11.3 Å². The van der Waals surface area contributed by atoms with Gasteiger partial charge in [0.05, 0.1) is 10.7 Å². The molecule has 1 rings (SSSR count). The molecule has 0 radical (unpaired) electrons. The molecule has 0 saturated heterocycles. The Bertz CT molecular complexity index is 435. The maximum atomic E-state index is 11.4. The van der Waals surface area contributed by atoms with Gasteiger partial charge in [0.15, 0.2) is 0 Å². The predicted molar refractivity (Wildman–Crippen MR) is 70.2 cm³/mol. The minimum atomic E-state index is -1.17. The first-order chi connectivity index (χ1) is 9.02. The van der Waals surface area contributed by atoms with Crippen LogP contribution in [-0.2, 0) is 11.2 Å². The number of aliphatic hydroxyl groups excluding tert-OH is 1. The first kappa shape index (κ1) is 15.4. The van der Waals surface area contributed by atoms with Crippen LogP contribution in [0.3, 0.4) is 0 Å². The lowest BCUT2D eigenvalue weighted by atomic mass is 10.2. The molecule has 0 aliphatic rings. The number of thiazole rings is 1. The highest BCUT2D eigenvalue weighted by molar-refractivity contribution is 7.09. The Labute approximate surface area is 114 Å². The fourth-order valence-electron chi connectivity index (χ4n) is 1.42. The number of hydrogen-bond donors (Lipinski definition) is 4. The van der Waals surface area contributed by atoms with Gasteiger partial charge in [-0.15, -0.1) is 11.3 Å². The van der Waals surface area contributed by atoms with Gasteiger partial charge in [-0.2, -0.15) is 0 Å². The highest BCUT2D eigenvalue weighted by atomic mass is 32.1. The molecule has 0 aliphatic carbocycles.